The fourth-order valence-corrected chi connectivity index (χ4v) is 5.44. The van der Waals surface area contributed by atoms with Crippen LogP contribution in [-0.2, 0) is 11.4 Å². The molecule has 6 rings (SSSR count). The van der Waals surface area contributed by atoms with Crippen molar-refractivity contribution in [3.63, 3.8) is 0 Å². The van der Waals surface area contributed by atoms with Gasteiger partial charge in [0.2, 0.25) is 0 Å². The van der Waals surface area contributed by atoms with Crippen LogP contribution in [0.25, 0.3) is 22.5 Å². The minimum absolute atomic E-state index is 0.0929. The molecule has 0 bridgehead atoms. The Morgan fingerprint density at radius 3 is 2.58 bits per heavy atom. The molecule has 38 heavy (non-hydrogen) atoms. The van der Waals surface area contributed by atoms with Crippen LogP contribution in [0, 0.1) is 5.41 Å². The van der Waals surface area contributed by atoms with E-state index in [1.807, 2.05) is 66.1 Å². The van der Waals surface area contributed by atoms with Crippen LogP contribution in [0.2, 0.25) is 0 Å². The maximum absolute atomic E-state index is 12.9. The predicted molar refractivity (Wildman–Crippen MR) is 153 cm³/mol. The highest BCUT2D eigenvalue weighted by molar-refractivity contribution is 8.17. The third-order valence-electron chi connectivity index (χ3n) is 6.45. The van der Waals surface area contributed by atoms with Crippen LogP contribution < -0.4 is 9.47 Å². The van der Waals surface area contributed by atoms with Gasteiger partial charge in [0.05, 0.1) is 18.4 Å². The standard InChI is InChI=1S/C31H23N3O3S/c1-36-28-17-20(14-15-27(28)37-18-23-12-7-11-21-8-5-6-13-24(21)23)16-25-29(32)34-26(22-9-3-2-4-10-22)19-38-31(34)33-30(25)35/h2-17,19,32H,18H2,1H3. The van der Waals surface area contributed by atoms with Crippen molar-refractivity contribution < 1.29 is 14.3 Å². The number of carbonyl (C=O) groups excluding carboxylic acids is 1. The number of fused-ring (bicyclic) bond motifs is 2. The molecule has 0 atom stereocenters. The smallest absolute Gasteiger partial charge is 0.283 e. The van der Waals surface area contributed by atoms with Crippen molar-refractivity contribution in [1.82, 2.24) is 4.90 Å². The molecule has 0 fully saturated rings. The summed E-state index contributed by atoms with van der Waals surface area (Å²) in [6.45, 7) is 0.389. The number of methoxy groups -OCH3 is 1. The lowest BCUT2D eigenvalue weighted by Crippen LogP contribution is -2.38. The Bertz CT molecular complexity index is 1670. The van der Waals surface area contributed by atoms with Crippen molar-refractivity contribution in [1.29, 1.82) is 5.41 Å². The van der Waals surface area contributed by atoms with Crippen LogP contribution in [-0.4, -0.2) is 28.9 Å². The Morgan fingerprint density at radius 1 is 0.947 bits per heavy atom. The highest BCUT2D eigenvalue weighted by Gasteiger charge is 2.36. The summed E-state index contributed by atoms with van der Waals surface area (Å²) in [5.41, 5.74) is 3.79. The monoisotopic (exact) mass is 517 g/mol. The van der Waals surface area contributed by atoms with Gasteiger partial charge in [0.15, 0.2) is 16.7 Å². The highest BCUT2D eigenvalue weighted by Crippen LogP contribution is 2.38. The van der Waals surface area contributed by atoms with E-state index in [1.165, 1.54) is 11.8 Å². The number of benzene rings is 4. The third-order valence-corrected chi connectivity index (χ3v) is 7.27. The van der Waals surface area contributed by atoms with Crippen molar-refractivity contribution in [2.75, 3.05) is 7.11 Å². The summed E-state index contributed by atoms with van der Waals surface area (Å²) in [5, 5.41) is 13.6. The largest absolute Gasteiger partial charge is 0.493 e. The molecule has 2 aliphatic heterocycles. The first-order valence-electron chi connectivity index (χ1n) is 12.1. The minimum Gasteiger partial charge on any atom is -0.493 e. The first-order valence-corrected chi connectivity index (χ1v) is 12.9. The van der Waals surface area contributed by atoms with Gasteiger partial charge in [-0.25, -0.2) is 0 Å². The number of nitrogens with one attached hydrogen (secondary N) is 1. The fourth-order valence-electron chi connectivity index (χ4n) is 4.55. The molecule has 1 N–H and O–H groups in total. The van der Waals surface area contributed by atoms with E-state index < -0.39 is 5.91 Å². The van der Waals surface area contributed by atoms with Crippen molar-refractivity contribution >= 4 is 51.2 Å². The quantitative estimate of drug-likeness (QED) is 0.287. The van der Waals surface area contributed by atoms with Gasteiger partial charge in [0.25, 0.3) is 5.91 Å². The van der Waals surface area contributed by atoms with Gasteiger partial charge in [-0.05, 0) is 45.7 Å². The number of rotatable bonds is 6. The molecule has 0 saturated heterocycles. The van der Waals surface area contributed by atoms with E-state index in [0.717, 1.165) is 27.6 Å². The van der Waals surface area contributed by atoms with Crippen molar-refractivity contribution in [3.05, 3.63) is 119 Å². The number of amidine groups is 2. The van der Waals surface area contributed by atoms with Crippen LogP contribution >= 0.6 is 11.8 Å². The SMILES string of the molecule is COc1cc(C=C2C(=N)N3C(c4ccccc4)=CSC3=NC2=O)ccc1OCc1cccc2ccccc12. The second-order valence-electron chi connectivity index (χ2n) is 8.77. The van der Waals surface area contributed by atoms with E-state index in [4.69, 9.17) is 14.9 Å². The maximum Gasteiger partial charge on any atom is 0.283 e. The van der Waals surface area contributed by atoms with Gasteiger partial charge in [-0.2, -0.15) is 4.99 Å². The van der Waals surface area contributed by atoms with E-state index >= 15 is 0 Å². The van der Waals surface area contributed by atoms with Crippen molar-refractivity contribution in [2.45, 2.75) is 6.61 Å². The molecule has 0 spiro atoms. The summed E-state index contributed by atoms with van der Waals surface area (Å²) >= 11 is 1.35. The summed E-state index contributed by atoms with van der Waals surface area (Å²) < 4.78 is 11.7. The number of thioether (sulfide) groups is 1. The molecule has 0 saturated carbocycles. The molecule has 4 aromatic carbocycles. The lowest BCUT2D eigenvalue weighted by Gasteiger charge is -2.27. The molecule has 2 heterocycles. The van der Waals surface area contributed by atoms with Crippen LogP contribution in [0.3, 0.4) is 0 Å². The molecule has 6 nitrogen and oxygen atoms in total. The molecule has 7 heteroatoms. The maximum atomic E-state index is 12.9. The van der Waals surface area contributed by atoms with Gasteiger partial charge in [-0.1, -0.05) is 90.6 Å². The Kier molecular flexibility index (Phi) is 6.27. The van der Waals surface area contributed by atoms with Gasteiger partial charge in [0, 0.05) is 5.41 Å². The predicted octanol–water partition coefficient (Wildman–Crippen LogP) is 6.73. The summed E-state index contributed by atoms with van der Waals surface area (Å²) in [5.74, 6) is 0.792. The first-order chi connectivity index (χ1) is 18.6. The summed E-state index contributed by atoms with van der Waals surface area (Å²) in [7, 11) is 1.58. The molecule has 0 aliphatic carbocycles. The van der Waals surface area contributed by atoms with Gasteiger partial charge in [0.1, 0.15) is 12.4 Å². The number of aliphatic imine (C=N–C) groups is 1. The summed E-state index contributed by atoms with van der Waals surface area (Å²) in [6.07, 6.45) is 1.67. The molecule has 0 radical (unpaired) electrons. The number of hydrogen-bond donors (Lipinski definition) is 1. The molecule has 1 amide bonds. The normalized spacial score (nSPS) is 15.9. The first kappa shape index (κ1) is 23.8. The zero-order chi connectivity index (χ0) is 26.1. The second-order valence-corrected chi connectivity index (χ2v) is 9.60. The average Bonchev–Trinajstić information content (AvgIpc) is 3.38. The molecule has 0 aromatic heterocycles. The average molecular weight is 518 g/mol. The molecular weight excluding hydrogens is 494 g/mol. The van der Waals surface area contributed by atoms with E-state index in [1.54, 1.807) is 24.2 Å². The van der Waals surface area contributed by atoms with Crippen molar-refractivity contribution in [3.8, 4) is 11.5 Å². The highest BCUT2D eigenvalue weighted by atomic mass is 32.2. The minimum atomic E-state index is -0.438. The Morgan fingerprint density at radius 2 is 1.74 bits per heavy atom. The van der Waals surface area contributed by atoms with Gasteiger partial charge >= 0.3 is 0 Å². The molecular formula is C31H23N3O3S. The van der Waals surface area contributed by atoms with E-state index in [0.29, 0.717) is 28.8 Å². The zero-order valence-electron chi connectivity index (χ0n) is 20.5. The van der Waals surface area contributed by atoms with Crippen LogP contribution in [0.5, 0.6) is 11.5 Å². The van der Waals surface area contributed by atoms with Gasteiger partial charge in [-0.3, -0.25) is 15.1 Å². The molecule has 4 aromatic rings. The number of ether oxygens (including phenoxy) is 2. The summed E-state index contributed by atoms with van der Waals surface area (Å²) in [4.78, 5) is 18.8. The van der Waals surface area contributed by atoms with Crippen LogP contribution in [0.4, 0.5) is 0 Å². The lowest BCUT2D eigenvalue weighted by atomic mass is 10.0. The Labute approximate surface area is 224 Å². The summed E-state index contributed by atoms with van der Waals surface area (Å²) in [6, 6.07) is 29.6. The Hall–Kier alpha value is -4.62. The fraction of sp³-hybridized carbons (Fsp3) is 0.0645. The number of carbonyl (C=O) groups is 1. The van der Waals surface area contributed by atoms with Crippen molar-refractivity contribution in [2.24, 2.45) is 4.99 Å². The molecule has 0 unspecified atom stereocenters. The lowest BCUT2D eigenvalue weighted by molar-refractivity contribution is -0.114. The second kappa shape index (κ2) is 10.0. The zero-order valence-corrected chi connectivity index (χ0v) is 21.4. The topological polar surface area (TPSA) is 75.0 Å². The third kappa shape index (κ3) is 4.37. The van der Waals surface area contributed by atoms with E-state index in [2.05, 4.69) is 29.3 Å². The Balaban J connectivity index is 1.26. The molecule has 2 aliphatic rings. The van der Waals surface area contributed by atoms with Gasteiger partial charge in [-0.15, -0.1) is 0 Å². The number of amides is 1. The van der Waals surface area contributed by atoms with Crippen LogP contribution in [0.1, 0.15) is 16.7 Å². The number of nitrogens with zero attached hydrogens (tertiary/aromatic N) is 2. The van der Waals surface area contributed by atoms with Gasteiger partial charge < -0.3 is 9.47 Å². The van der Waals surface area contributed by atoms with E-state index in [9.17, 15) is 4.79 Å². The van der Waals surface area contributed by atoms with Crippen LogP contribution in [0.15, 0.2) is 107 Å². The molecule has 186 valence electrons. The van der Waals surface area contributed by atoms with E-state index in [-0.39, 0.29) is 11.4 Å². The number of hydrogen-bond acceptors (Lipinski definition) is 5.